The molecule has 1 saturated heterocycles. The van der Waals surface area contributed by atoms with Crippen LogP contribution in [-0.2, 0) is 27.3 Å². The molecule has 1 aliphatic heterocycles. The number of likely N-dealkylation sites (tertiary alicyclic amines) is 1. The summed E-state index contributed by atoms with van der Waals surface area (Å²) in [4.78, 5) is 53.5. The van der Waals surface area contributed by atoms with Gasteiger partial charge in [0.15, 0.2) is 5.78 Å². The van der Waals surface area contributed by atoms with E-state index in [0.717, 1.165) is 41.5 Å². The Balaban J connectivity index is 1.39. The summed E-state index contributed by atoms with van der Waals surface area (Å²) in [5.74, 6) is -6.53. The number of nitrogens with two attached hydrogens (primary N) is 1. The molecule has 0 bridgehead atoms. The number of aliphatic hydroxyl groups is 2. The highest BCUT2D eigenvalue weighted by Crippen LogP contribution is 2.54. The van der Waals surface area contributed by atoms with E-state index < -0.39 is 51.9 Å². The van der Waals surface area contributed by atoms with Gasteiger partial charge in [-0.3, -0.25) is 19.3 Å². The largest absolute Gasteiger partial charge is 0.508 e. The summed E-state index contributed by atoms with van der Waals surface area (Å²) in [6.07, 6.45) is 2.29. The van der Waals surface area contributed by atoms with Gasteiger partial charge in [-0.1, -0.05) is 42.5 Å². The highest BCUT2D eigenvalue weighted by atomic mass is 16.3. The molecule has 0 unspecified atom stereocenters. The summed E-state index contributed by atoms with van der Waals surface area (Å²) in [5, 5.41) is 38.7. The smallest absolute Gasteiger partial charge is 0.255 e. The lowest BCUT2D eigenvalue weighted by Crippen LogP contribution is -2.57. The standard InChI is InChI=1S/C34H31N3O7/c35-33(43)29-26(39)15-19-13-18-14-24-23(9-10-25(38)28(24)30(40)27(18)31(41)34(19,36-44)32(29)42)22-8-7-17(16-37-11-3-4-12-37)20-5-1-2-6-21(20)22/h1-2,5-10,18-19,38,40,42H,3-4,11-16H2,(H2,35,43)/t18-,19+,34+/m1/s1. The molecular weight excluding hydrogens is 562 g/mol. The van der Waals surface area contributed by atoms with E-state index in [1.165, 1.54) is 24.5 Å². The number of phenolic OH excluding ortho intramolecular Hbond substituents is 1. The van der Waals surface area contributed by atoms with Gasteiger partial charge in [-0.25, -0.2) is 0 Å². The maximum Gasteiger partial charge on any atom is 0.255 e. The number of fused-ring (bicyclic) bond motifs is 4. The van der Waals surface area contributed by atoms with Crippen LogP contribution in [0.15, 0.2) is 70.6 Å². The maximum absolute atomic E-state index is 14.0. The topological polar surface area (TPSA) is 171 Å². The molecule has 1 amide bonds. The van der Waals surface area contributed by atoms with E-state index in [1.54, 1.807) is 6.07 Å². The molecule has 0 radical (unpaired) electrons. The fourth-order valence-corrected chi connectivity index (χ4v) is 7.95. The summed E-state index contributed by atoms with van der Waals surface area (Å²) >= 11 is 0. The summed E-state index contributed by atoms with van der Waals surface area (Å²) in [7, 11) is 0. The first-order valence-electron chi connectivity index (χ1n) is 14.8. The van der Waals surface area contributed by atoms with Crippen molar-refractivity contribution in [2.45, 2.75) is 44.2 Å². The molecule has 3 atom stereocenters. The minimum absolute atomic E-state index is 0.0583. The number of rotatable bonds is 5. The number of ketones is 2. The minimum atomic E-state index is -2.47. The van der Waals surface area contributed by atoms with Crippen LogP contribution in [0, 0.1) is 16.7 Å². The number of aromatic hydroxyl groups is 1. The van der Waals surface area contributed by atoms with Crippen molar-refractivity contribution in [3.8, 4) is 16.9 Å². The molecule has 1 saturated carbocycles. The normalized spacial score (nSPS) is 25.2. The Morgan fingerprint density at radius 1 is 0.955 bits per heavy atom. The molecule has 3 aromatic carbocycles. The number of nitroso groups, excluding NO2 is 1. The second kappa shape index (κ2) is 10.1. The van der Waals surface area contributed by atoms with E-state index in [1.807, 2.05) is 12.1 Å². The van der Waals surface area contributed by atoms with Gasteiger partial charge in [-0.2, -0.15) is 0 Å². The van der Waals surface area contributed by atoms with Crippen molar-refractivity contribution in [2.24, 2.45) is 22.7 Å². The monoisotopic (exact) mass is 593 g/mol. The Bertz CT molecular complexity index is 1870. The molecule has 4 aliphatic rings. The van der Waals surface area contributed by atoms with Gasteiger partial charge < -0.3 is 21.1 Å². The van der Waals surface area contributed by atoms with E-state index in [0.29, 0.717) is 5.56 Å². The molecule has 10 nitrogen and oxygen atoms in total. The third kappa shape index (κ3) is 3.86. The second-order valence-corrected chi connectivity index (χ2v) is 12.3. The van der Waals surface area contributed by atoms with E-state index in [-0.39, 0.29) is 36.1 Å². The Labute approximate surface area is 252 Å². The number of aliphatic hydroxyl groups excluding tert-OH is 2. The van der Waals surface area contributed by atoms with Crippen molar-refractivity contribution in [3.05, 3.63) is 87.0 Å². The quantitative estimate of drug-likeness (QED) is 0.245. The van der Waals surface area contributed by atoms with Crippen LogP contribution in [0.5, 0.6) is 5.75 Å². The second-order valence-electron chi connectivity index (χ2n) is 12.3. The van der Waals surface area contributed by atoms with Gasteiger partial charge in [0, 0.05) is 24.5 Å². The van der Waals surface area contributed by atoms with Crippen LogP contribution in [0.2, 0.25) is 0 Å². The molecule has 44 heavy (non-hydrogen) atoms. The molecule has 224 valence electrons. The van der Waals surface area contributed by atoms with E-state index in [2.05, 4.69) is 34.3 Å². The zero-order valence-electron chi connectivity index (χ0n) is 23.9. The van der Waals surface area contributed by atoms with Gasteiger partial charge in [0.25, 0.3) is 5.91 Å². The Hall–Kier alpha value is -4.83. The summed E-state index contributed by atoms with van der Waals surface area (Å²) < 4.78 is 0. The molecule has 0 aromatic heterocycles. The van der Waals surface area contributed by atoms with Gasteiger partial charge in [0.2, 0.25) is 11.3 Å². The molecular formula is C34H31N3O7. The predicted octanol–water partition coefficient (Wildman–Crippen LogP) is 4.61. The molecule has 1 heterocycles. The zero-order valence-corrected chi connectivity index (χ0v) is 23.9. The first-order chi connectivity index (χ1) is 21.2. The maximum atomic E-state index is 14.0. The van der Waals surface area contributed by atoms with Crippen LogP contribution in [0.25, 0.3) is 27.7 Å². The fourth-order valence-electron chi connectivity index (χ4n) is 7.95. The van der Waals surface area contributed by atoms with Gasteiger partial charge in [0.05, 0.1) is 5.56 Å². The van der Waals surface area contributed by atoms with Gasteiger partial charge in [-0.05, 0) is 89.0 Å². The first-order valence-corrected chi connectivity index (χ1v) is 14.8. The van der Waals surface area contributed by atoms with Crippen LogP contribution >= 0.6 is 0 Å². The summed E-state index contributed by atoms with van der Waals surface area (Å²) in [5.41, 5.74) is 5.44. The number of carbonyl (C=O) groups is 3. The Kier molecular flexibility index (Phi) is 6.44. The summed E-state index contributed by atoms with van der Waals surface area (Å²) in [6.45, 7) is 2.98. The molecule has 3 aliphatic carbocycles. The van der Waals surface area contributed by atoms with Crippen LogP contribution in [0.4, 0.5) is 0 Å². The molecule has 10 heteroatoms. The third-order valence-electron chi connectivity index (χ3n) is 9.99. The molecule has 2 fully saturated rings. The van der Waals surface area contributed by atoms with Crippen molar-refractivity contribution < 1.29 is 29.7 Å². The Morgan fingerprint density at radius 3 is 2.36 bits per heavy atom. The van der Waals surface area contributed by atoms with Crippen LogP contribution in [0.3, 0.4) is 0 Å². The van der Waals surface area contributed by atoms with Crippen LogP contribution < -0.4 is 5.73 Å². The van der Waals surface area contributed by atoms with Crippen LogP contribution in [0.1, 0.15) is 42.4 Å². The third-order valence-corrected chi connectivity index (χ3v) is 9.99. The van der Waals surface area contributed by atoms with Crippen molar-refractivity contribution >= 4 is 34.0 Å². The van der Waals surface area contributed by atoms with Gasteiger partial charge in [0.1, 0.15) is 22.8 Å². The number of primary amides is 1. The van der Waals surface area contributed by atoms with Crippen molar-refractivity contribution in [2.75, 3.05) is 13.1 Å². The van der Waals surface area contributed by atoms with Crippen LogP contribution in [-0.4, -0.2) is 56.3 Å². The highest BCUT2D eigenvalue weighted by molar-refractivity contribution is 6.23. The molecule has 3 aromatic rings. The molecule has 0 spiro atoms. The van der Waals surface area contributed by atoms with E-state index in [4.69, 9.17) is 5.73 Å². The van der Waals surface area contributed by atoms with Crippen molar-refractivity contribution in [3.63, 3.8) is 0 Å². The first kappa shape index (κ1) is 28.0. The molecule has 7 rings (SSSR count). The number of Topliss-reactive ketones (excluding diaryl/α,β-unsaturated/α-hetero) is 2. The number of phenols is 1. The average Bonchev–Trinajstić information content (AvgIpc) is 3.51. The highest BCUT2D eigenvalue weighted by Gasteiger charge is 2.63. The SMILES string of the molecule is NC(=O)C1=C(O)[C@@]2(N=O)C(=O)C3=C(O)c4c(O)ccc(-c5ccc(CN6CCCC6)c6ccccc56)c4C[C@H]3C[C@H]2CC1=O. The lowest BCUT2D eigenvalue weighted by Gasteiger charge is -2.45. The van der Waals surface area contributed by atoms with Gasteiger partial charge >= 0.3 is 0 Å². The fraction of sp³-hybridized carbons (Fsp3) is 0.324. The number of amides is 1. The lowest BCUT2D eigenvalue weighted by molar-refractivity contribution is -0.129. The lowest BCUT2D eigenvalue weighted by atomic mass is 9.57. The van der Waals surface area contributed by atoms with Crippen molar-refractivity contribution in [1.29, 1.82) is 0 Å². The zero-order chi connectivity index (χ0) is 30.9. The van der Waals surface area contributed by atoms with Crippen molar-refractivity contribution in [1.82, 2.24) is 4.90 Å². The number of hydrogen-bond acceptors (Lipinski definition) is 9. The number of nitrogens with zero attached hydrogens (tertiary/aromatic N) is 2. The summed E-state index contributed by atoms with van der Waals surface area (Å²) in [6, 6.07) is 15.6. The molecule has 5 N–H and O–H groups in total. The number of hydrogen-bond donors (Lipinski definition) is 4. The van der Waals surface area contributed by atoms with E-state index >= 15 is 0 Å². The predicted molar refractivity (Wildman–Crippen MR) is 162 cm³/mol. The Morgan fingerprint density at radius 2 is 1.66 bits per heavy atom. The van der Waals surface area contributed by atoms with E-state index in [9.17, 15) is 34.6 Å². The van der Waals surface area contributed by atoms with Gasteiger partial charge in [-0.15, -0.1) is 4.91 Å². The minimum Gasteiger partial charge on any atom is -0.508 e. The number of carbonyl (C=O) groups excluding carboxylic acids is 3. The number of benzene rings is 3. The average molecular weight is 594 g/mol.